The van der Waals surface area contributed by atoms with Crippen LogP contribution in [0, 0.1) is 23.1 Å². The molecule has 1 aromatic rings. The highest BCUT2D eigenvalue weighted by atomic mass is 19.1. The Kier molecular flexibility index (Phi) is 7.32. The molecule has 27 heavy (non-hydrogen) atoms. The molecule has 1 aromatic carbocycles. The second-order valence-electron chi connectivity index (χ2n) is 8.80. The van der Waals surface area contributed by atoms with E-state index >= 15 is 0 Å². The second-order valence-corrected chi connectivity index (χ2v) is 8.80. The molecule has 0 saturated heterocycles. The van der Waals surface area contributed by atoms with Gasteiger partial charge in [-0.2, -0.15) is 0 Å². The zero-order chi connectivity index (χ0) is 19.1. The Hall–Kier alpha value is -1.38. The van der Waals surface area contributed by atoms with E-state index < -0.39 is 11.8 Å². The van der Waals surface area contributed by atoms with Crippen molar-refractivity contribution in [3.8, 4) is 0 Å². The Balaban J connectivity index is 1.57. The van der Waals surface area contributed by atoms with Gasteiger partial charge in [-0.05, 0) is 61.5 Å². The lowest BCUT2D eigenvalue weighted by molar-refractivity contribution is 0.0120. The molecular weight excluding hydrogens is 339 g/mol. The molecule has 0 heterocycles. The summed E-state index contributed by atoms with van der Waals surface area (Å²) in [6.07, 6.45) is 15.5. The number of benzene rings is 1. The molecule has 0 unspecified atom stereocenters. The molecular formula is C24H35FO2. The van der Waals surface area contributed by atoms with E-state index in [4.69, 9.17) is 4.74 Å². The van der Waals surface area contributed by atoms with Gasteiger partial charge >= 0.3 is 5.97 Å². The monoisotopic (exact) mass is 374 g/mol. The average Bonchev–Trinajstić information content (AvgIpc) is 2.70. The van der Waals surface area contributed by atoms with Gasteiger partial charge in [-0.15, -0.1) is 0 Å². The van der Waals surface area contributed by atoms with Crippen molar-refractivity contribution >= 4 is 5.97 Å². The Morgan fingerprint density at radius 3 is 2.48 bits per heavy atom. The van der Waals surface area contributed by atoms with Crippen LogP contribution >= 0.6 is 0 Å². The van der Waals surface area contributed by atoms with Crippen molar-refractivity contribution in [3.63, 3.8) is 0 Å². The van der Waals surface area contributed by atoms with Gasteiger partial charge < -0.3 is 4.74 Å². The molecule has 0 spiro atoms. The van der Waals surface area contributed by atoms with Crippen molar-refractivity contribution < 1.29 is 13.9 Å². The number of hydrogen-bond acceptors (Lipinski definition) is 2. The van der Waals surface area contributed by atoms with E-state index in [9.17, 15) is 9.18 Å². The van der Waals surface area contributed by atoms with Crippen molar-refractivity contribution in [2.45, 2.75) is 84.0 Å². The lowest BCUT2D eigenvalue weighted by Gasteiger charge is -2.46. The lowest BCUT2D eigenvalue weighted by atomic mass is 9.59. The van der Waals surface area contributed by atoms with Gasteiger partial charge in [-0.25, -0.2) is 9.18 Å². The zero-order valence-corrected chi connectivity index (χ0v) is 16.9. The van der Waals surface area contributed by atoms with Gasteiger partial charge in [0, 0.05) is 0 Å². The third-order valence-electron chi connectivity index (χ3n) is 7.19. The first-order valence-electron chi connectivity index (χ1n) is 11.1. The summed E-state index contributed by atoms with van der Waals surface area (Å²) in [4.78, 5) is 12.2. The van der Waals surface area contributed by atoms with Gasteiger partial charge in [0.1, 0.15) is 5.82 Å². The van der Waals surface area contributed by atoms with Crippen molar-refractivity contribution in [2.24, 2.45) is 17.3 Å². The Morgan fingerprint density at radius 1 is 1.11 bits per heavy atom. The standard InChI is InChI=1S/C24H35FO2/c1-2-8-19-11-13-20(14-12-19)24(15-6-3-7-16-24)17-18-27-23(26)21-9-4-5-10-22(21)25/h4-5,9-10,19-20H,2-3,6-8,11-18H2,1H3. The van der Waals surface area contributed by atoms with E-state index in [1.54, 1.807) is 12.1 Å². The van der Waals surface area contributed by atoms with Gasteiger partial charge in [-0.3, -0.25) is 0 Å². The zero-order valence-electron chi connectivity index (χ0n) is 16.9. The maximum Gasteiger partial charge on any atom is 0.341 e. The molecule has 2 saturated carbocycles. The van der Waals surface area contributed by atoms with Gasteiger partial charge in [0.15, 0.2) is 0 Å². The molecule has 0 bridgehead atoms. The first kappa shape index (κ1) is 20.4. The van der Waals surface area contributed by atoms with Gasteiger partial charge in [-0.1, -0.05) is 64.0 Å². The minimum absolute atomic E-state index is 0.0512. The predicted octanol–water partition coefficient (Wildman–Crippen LogP) is 6.93. The summed E-state index contributed by atoms with van der Waals surface area (Å²) in [6, 6.07) is 6.09. The predicted molar refractivity (Wildman–Crippen MR) is 107 cm³/mol. The number of ether oxygens (including phenoxy) is 1. The number of rotatable bonds is 7. The normalized spacial score (nSPS) is 25.1. The van der Waals surface area contributed by atoms with E-state index in [0.29, 0.717) is 12.0 Å². The van der Waals surface area contributed by atoms with E-state index in [2.05, 4.69) is 6.92 Å². The number of carbonyl (C=O) groups excluding carboxylic acids is 1. The number of carbonyl (C=O) groups is 1. The Morgan fingerprint density at radius 2 is 1.81 bits per heavy atom. The Labute approximate surface area is 163 Å². The number of esters is 1. The quantitative estimate of drug-likeness (QED) is 0.484. The summed E-state index contributed by atoms with van der Waals surface area (Å²) < 4.78 is 19.3. The number of hydrogen-bond donors (Lipinski definition) is 0. The van der Waals surface area contributed by atoms with Crippen LogP contribution in [0.25, 0.3) is 0 Å². The SMILES string of the molecule is CCCC1CCC(C2(CCOC(=O)c3ccccc3F)CCCCC2)CC1. The van der Waals surface area contributed by atoms with Crippen LogP contribution in [0.4, 0.5) is 4.39 Å². The van der Waals surface area contributed by atoms with Crippen molar-refractivity contribution in [2.75, 3.05) is 6.61 Å². The topological polar surface area (TPSA) is 26.3 Å². The largest absolute Gasteiger partial charge is 0.462 e. The fourth-order valence-corrected chi connectivity index (χ4v) is 5.64. The van der Waals surface area contributed by atoms with Crippen LogP contribution in [0.3, 0.4) is 0 Å². The Bertz CT molecular complexity index is 598. The van der Waals surface area contributed by atoms with Crippen LogP contribution in [-0.2, 0) is 4.74 Å². The van der Waals surface area contributed by atoms with Crippen molar-refractivity contribution in [1.29, 1.82) is 0 Å². The van der Waals surface area contributed by atoms with Crippen LogP contribution in [0.1, 0.15) is 94.3 Å². The molecule has 0 aliphatic heterocycles. The molecule has 150 valence electrons. The summed E-state index contributed by atoms with van der Waals surface area (Å²) >= 11 is 0. The van der Waals surface area contributed by atoms with Crippen LogP contribution in [0.15, 0.2) is 24.3 Å². The third-order valence-corrected chi connectivity index (χ3v) is 7.19. The highest BCUT2D eigenvalue weighted by Gasteiger charge is 2.41. The first-order chi connectivity index (χ1) is 13.1. The molecule has 0 atom stereocenters. The highest BCUT2D eigenvalue weighted by Crippen LogP contribution is 2.51. The van der Waals surface area contributed by atoms with E-state index in [1.165, 1.54) is 82.8 Å². The minimum Gasteiger partial charge on any atom is -0.462 e. The molecule has 0 aromatic heterocycles. The van der Waals surface area contributed by atoms with E-state index in [-0.39, 0.29) is 5.56 Å². The summed E-state index contributed by atoms with van der Waals surface area (Å²) in [7, 11) is 0. The maximum absolute atomic E-state index is 13.8. The van der Waals surface area contributed by atoms with Gasteiger partial charge in [0.25, 0.3) is 0 Å². The van der Waals surface area contributed by atoms with Crippen LogP contribution in [0.2, 0.25) is 0 Å². The fraction of sp³-hybridized carbons (Fsp3) is 0.708. The van der Waals surface area contributed by atoms with E-state index in [0.717, 1.165) is 18.3 Å². The molecule has 2 fully saturated rings. The highest BCUT2D eigenvalue weighted by molar-refractivity contribution is 5.89. The molecule has 0 radical (unpaired) electrons. The second kappa shape index (κ2) is 9.71. The number of halogens is 1. The third kappa shape index (κ3) is 5.12. The lowest BCUT2D eigenvalue weighted by Crippen LogP contribution is -2.37. The molecule has 0 amide bonds. The first-order valence-corrected chi connectivity index (χ1v) is 11.1. The molecule has 2 aliphatic carbocycles. The summed E-state index contributed by atoms with van der Waals surface area (Å²) in [5.74, 6) is 0.679. The van der Waals surface area contributed by atoms with Crippen molar-refractivity contribution in [3.05, 3.63) is 35.6 Å². The average molecular weight is 375 g/mol. The fourth-order valence-electron chi connectivity index (χ4n) is 5.64. The summed E-state index contributed by atoms with van der Waals surface area (Å²) in [6.45, 7) is 2.71. The minimum atomic E-state index is -0.522. The smallest absolute Gasteiger partial charge is 0.341 e. The molecule has 2 nitrogen and oxygen atoms in total. The van der Waals surface area contributed by atoms with Crippen LogP contribution in [0.5, 0.6) is 0 Å². The molecule has 3 heteroatoms. The van der Waals surface area contributed by atoms with Crippen LogP contribution < -0.4 is 0 Å². The maximum atomic E-state index is 13.8. The van der Waals surface area contributed by atoms with Gasteiger partial charge in [0.05, 0.1) is 12.2 Å². The summed E-state index contributed by atoms with van der Waals surface area (Å²) in [5, 5.41) is 0. The molecule has 2 aliphatic rings. The molecule has 3 rings (SSSR count). The van der Waals surface area contributed by atoms with Gasteiger partial charge in [0.2, 0.25) is 0 Å². The van der Waals surface area contributed by atoms with E-state index in [1.807, 2.05) is 0 Å². The summed E-state index contributed by atoms with van der Waals surface area (Å²) in [5.41, 5.74) is 0.389. The molecule has 0 N–H and O–H groups in total. The van der Waals surface area contributed by atoms with Crippen molar-refractivity contribution in [1.82, 2.24) is 0 Å². The van der Waals surface area contributed by atoms with Crippen LogP contribution in [-0.4, -0.2) is 12.6 Å².